The Hall–Kier alpha value is -1.81. The second-order valence-corrected chi connectivity index (χ2v) is 2.68. The molecule has 0 heterocycles. The van der Waals surface area contributed by atoms with Crippen LogP contribution in [0, 0.1) is 0 Å². The molecule has 1 aromatic rings. The average Bonchev–Trinajstić information content (AvgIpc) is 2.30. The van der Waals surface area contributed by atoms with Crippen LogP contribution in [0.25, 0.3) is 0 Å². The van der Waals surface area contributed by atoms with E-state index in [1.807, 2.05) is 6.07 Å². The molecule has 0 atom stereocenters. The molecule has 0 saturated heterocycles. The molecule has 0 radical (unpaired) electrons. The molecule has 1 amide bonds. The fourth-order valence-corrected chi connectivity index (χ4v) is 0.938. The highest BCUT2D eigenvalue weighted by molar-refractivity contribution is 5.93. The first-order valence-corrected chi connectivity index (χ1v) is 4.54. The van der Waals surface area contributed by atoms with Crippen molar-refractivity contribution in [2.75, 3.05) is 13.2 Å². The highest BCUT2D eigenvalue weighted by Crippen LogP contribution is 1.97. The number of ether oxygens (including phenoxy) is 1. The Labute approximate surface area is 88.5 Å². The van der Waals surface area contributed by atoms with E-state index in [2.05, 4.69) is 12.1 Å². The lowest BCUT2D eigenvalue weighted by Crippen LogP contribution is -2.25. The highest BCUT2D eigenvalue weighted by Gasteiger charge is 2.02. The summed E-state index contributed by atoms with van der Waals surface area (Å²) in [7, 11) is 0. The van der Waals surface area contributed by atoms with E-state index in [4.69, 9.17) is 9.57 Å². The van der Waals surface area contributed by atoms with Gasteiger partial charge < -0.3 is 4.74 Å². The summed E-state index contributed by atoms with van der Waals surface area (Å²) in [6.07, 6.45) is 1.32. The monoisotopic (exact) mass is 207 g/mol. The molecule has 0 unspecified atom stereocenters. The third-order valence-corrected chi connectivity index (χ3v) is 1.62. The van der Waals surface area contributed by atoms with Crippen molar-refractivity contribution in [2.45, 2.75) is 0 Å². The molecule has 1 rings (SSSR count). The molecule has 15 heavy (non-hydrogen) atoms. The summed E-state index contributed by atoms with van der Waals surface area (Å²) < 4.78 is 4.81. The van der Waals surface area contributed by atoms with E-state index in [1.165, 1.54) is 6.26 Å². The molecule has 0 saturated carbocycles. The van der Waals surface area contributed by atoms with E-state index >= 15 is 0 Å². The number of benzene rings is 1. The van der Waals surface area contributed by atoms with Gasteiger partial charge in [-0.3, -0.25) is 9.63 Å². The molecular weight excluding hydrogens is 194 g/mol. The minimum atomic E-state index is -0.269. The highest BCUT2D eigenvalue weighted by atomic mass is 16.7. The van der Waals surface area contributed by atoms with Crippen molar-refractivity contribution in [3.8, 4) is 0 Å². The standard InChI is InChI=1S/C11H13NO3/c1-2-14-8-9-15-12-11(13)10-6-4-3-5-7-10/h2-7H,1,8-9H2,(H,12,13). The van der Waals surface area contributed by atoms with Gasteiger partial charge in [-0.2, -0.15) is 0 Å². The second-order valence-electron chi connectivity index (χ2n) is 2.68. The first-order valence-electron chi connectivity index (χ1n) is 4.54. The normalized spacial score (nSPS) is 9.33. The Morgan fingerprint density at radius 2 is 2.07 bits per heavy atom. The zero-order valence-corrected chi connectivity index (χ0v) is 8.31. The van der Waals surface area contributed by atoms with Crippen molar-refractivity contribution in [3.63, 3.8) is 0 Å². The van der Waals surface area contributed by atoms with E-state index in [-0.39, 0.29) is 12.5 Å². The molecule has 0 bridgehead atoms. The van der Waals surface area contributed by atoms with Crippen LogP contribution in [0.1, 0.15) is 10.4 Å². The lowest BCUT2D eigenvalue weighted by Gasteiger charge is -2.05. The Bertz CT molecular complexity index is 311. The first kappa shape index (κ1) is 11.3. The summed E-state index contributed by atoms with van der Waals surface area (Å²) in [6, 6.07) is 8.83. The predicted molar refractivity (Wildman–Crippen MR) is 56.0 cm³/mol. The van der Waals surface area contributed by atoms with Crippen LogP contribution in [0.4, 0.5) is 0 Å². The summed E-state index contributed by atoms with van der Waals surface area (Å²) in [4.78, 5) is 16.3. The Balaban J connectivity index is 2.22. The van der Waals surface area contributed by atoms with Crippen molar-refractivity contribution in [2.24, 2.45) is 0 Å². The molecule has 0 spiro atoms. The topological polar surface area (TPSA) is 47.6 Å². The van der Waals surface area contributed by atoms with E-state index in [9.17, 15) is 4.79 Å². The summed E-state index contributed by atoms with van der Waals surface area (Å²) in [5.41, 5.74) is 2.86. The summed E-state index contributed by atoms with van der Waals surface area (Å²) in [5.74, 6) is -0.269. The van der Waals surface area contributed by atoms with Gasteiger partial charge in [-0.25, -0.2) is 5.48 Å². The Kier molecular flexibility index (Phi) is 4.97. The van der Waals surface area contributed by atoms with Gasteiger partial charge in [0.15, 0.2) is 0 Å². The summed E-state index contributed by atoms with van der Waals surface area (Å²) in [5, 5.41) is 0. The molecule has 4 nitrogen and oxygen atoms in total. The minimum Gasteiger partial charge on any atom is -0.499 e. The number of hydroxylamine groups is 1. The maximum atomic E-state index is 11.4. The van der Waals surface area contributed by atoms with E-state index in [0.717, 1.165) is 0 Å². The second kappa shape index (κ2) is 6.62. The molecule has 1 N–H and O–H groups in total. The van der Waals surface area contributed by atoms with Crippen molar-refractivity contribution < 1.29 is 14.4 Å². The maximum Gasteiger partial charge on any atom is 0.274 e. The van der Waals surface area contributed by atoms with E-state index < -0.39 is 0 Å². The van der Waals surface area contributed by atoms with Gasteiger partial charge in [-0.15, -0.1) is 0 Å². The number of amides is 1. The van der Waals surface area contributed by atoms with Crippen molar-refractivity contribution >= 4 is 5.91 Å². The van der Waals surface area contributed by atoms with Crippen LogP contribution in [0.15, 0.2) is 43.2 Å². The van der Waals surface area contributed by atoms with Gasteiger partial charge in [0.05, 0.1) is 6.26 Å². The number of hydrogen-bond donors (Lipinski definition) is 1. The number of carbonyl (C=O) groups is 1. The van der Waals surface area contributed by atoms with Crippen LogP contribution < -0.4 is 5.48 Å². The van der Waals surface area contributed by atoms with Gasteiger partial charge in [-0.05, 0) is 12.1 Å². The van der Waals surface area contributed by atoms with Crippen LogP contribution in [-0.2, 0) is 9.57 Å². The number of nitrogens with one attached hydrogen (secondary N) is 1. The van der Waals surface area contributed by atoms with Crippen molar-refractivity contribution in [1.82, 2.24) is 5.48 Å². The van der Waals surface area contributed by atoms with Crippen LogP contribution in [0.3, 0.4) is 0 Å². The van der Waals surface area contributed by atoms with Gasteiger partial charge in [0.1, 0.15) is 13.2 Å². The summed E-state index contributed by atoms with van der Waals surface area (Å²) in [6.45, 7) is 4.02. The summed E-state index contributed by atoms with van der Waals surface area (Å²) >= 11 is 0. The van der Waals surface area contributed by atoms with Gasteiger partial charge in [0.25, 0.3) is 5.91 Å². The first-order chi connectivity index (χ1) is 7.34. The van der Waals surface area contributed by atoms with Crippen molar-refractivity contribution in [1.29, 1.82) is 0 Å². The van der Waals surface area contributed by atoms with Crippen molar-refractivity contribution in [3.05, 3.63) is 48.7 Å². The van der Waals surface area contributed by atoms with Gasteiger partial charge in [0, 0.05) is 5.56 Å². The molecule has 80 valence electrons. The average molecular weight is 207 g/mol. The lowest BCUT2D eigenvalue weighted by molar-refractivity contribution is 0.0145. The molecule has 1 aromatic carbocycles. The van der Waals surface area contributed by atoms with Crippen LogP contribution in [-0.4, -0.2) is 19.1 Å². The van der Waals surface area contributed by atoms with Crippen LogP contribution in [0.5, 0.6) is 0 Å². The predicted octanol–water partition coefficient (Wildman–Crippen LogP) is 1.51. The van der Waals surface area contributed by atoms with Gasteiger partial charge >= 0.3 is 0 Å². The molecule has 0 fully saturated rings. The van der Waals surface area contributed by atoms with Gasteiger partial charge in [0.2, 0.25) is 0 Å². The van der Waals surface area contributed by atoms with Crippen LogP contribution in [0.2, 0.25) is 0 Å². The zero-order chi connectivity index (χ0) is 10.9. The SMILES string of the molecule is C=COCCONC(=O)c1ccccc1. The van der Waals surface area contributed by atoms with E-state index in [1.54, 1.807) is 24.3 Å². The Morgan fingerprint density at radius 3 is 2.73 bits per heavy atom. The fraction of sp³-hybridized carbons (Fsp3) is 0.182. The van der Waals surface area contributed by atoms with E-state index in [0.29, 0.717) is 12.2 Å². The fourth-order valence-electron chi connectivity index (χ4n) is 0.938. The minimum absolute atomic E-state index is 0.269. The molecule has 0 aliphatic carbocycles. The number of rotatable bonds is 6. The Morgan fingerprint density at radius 1 is 1.33 bits per heavy atom. The quantitative estimate of drug-likeness (QED) is 0.437. The molecule has 0 aliphatic heterocycles. The maximum absolute atomic E-state index is 11.4. The molecule has 4 heteroatoms. The van der Waals surface area contributed by atoms with Gasteiger partial charge in [-0.1, -0.05) is 24.8 Å². The third kappa shape index (κ3) is 4.28. The molecular formula is C11H13NO3. The smallest absolute Gasteiger partial charge is 0.274 e. The molecule has 0 aliphatic rings. The van der Waals surface area contributed by atoms with Crippen LogP contribution >= 0.6 is 0 Å². The largest absolute Gasteiger partial charge is 0.499 e. The number of hydrogen-bond acceptors (Lipinski definition) is 3. The molecule has 0 aromatic heterocycles. The lowest BCUT2D eigenvalue weighted by atomic mass is 10.2. The number of carbonyl (C=O) groups excluding carboxylic acids is 1. The third-order valence-electron chi connectivity index (χ3n) is 1.62. The zero-order valence-electron chi connectivity index (χ0n) is 8.31.